The number of urea groups is 1. The highest BCUT2D eigenvalue weighted by Crippen LogP contribution is 2.24. The topological polar surface area (TPSA) is 85.8 Å². The van der Waals surface area contributed by atoms with Crippen LogP contribution in [0.3, 0.4) is 0 Å². The number of piperazine rings is 1. The molecule has 2 amide bonds. The van der Waals surface area contributed by atoms with Gasteiger partial charge in [-0.15, -0.1) is 0 Å². The molecule has 2 aliphatic heterocycles. The Morgan fingerprint density at radius 2 is 2.32 bits per heavy atom. The molecular weight excluding hydrogens is 248 g/mol. The van der Waals surface area contributed by atoms with E-state index in [4.69, 9.17) is 0 Å². The van der Waals surface area contributed by atoms with Gasteiger partial charge in [0.25, 0.3) is 0 Å². The van der Waals surface area contributed by atoms with Crippen LogP contribution in [-0.4, -0.2) is 59.2 Å². The third kappa shape index (κ3) is 1.96. The fourth-order valence-electron chi connectivity index (χ4n) is 2.65. The Morgan fingerprint density at radius 1 is 1.47 bits per heavy atom. The summed E-state index contributed by atoms with van der Waals surface area (Å²) in [7, 11) is 0. The second kappa shape index (κ2) is 4.42. The molecule has 2 aliphatic rings. The lowest BCUT2D eigenvalue weighted by molar-refractivity contribution is 0.0696. The molecule has 0 bridgehead atoms. The van der Waals surface area contributed by atoms with E-state index in [-0.39, 0.29) is 17.6 Å². The number of nitrogens with zero attached hydrogens (tertiary/aromatic N) is 3. The van der Waals surface area contributed by atoms with Crippen LogP contribution in [0.15, 0.2) is 18.5 Å². The van der Waals surface area contributed by atoms with Crippen molar-refractivity contribution in [3.63, 3.8) is 0 Å². The lowest BCUT2D eigenvalue weighted by Crippen LogP contribution is -2.52. The number of carbonyl (C=O) groups is 2. The van der Waals surface area contributed by atoms with Crippen molar-refractivity contribution in [3.05, 3.63) is 24.0 Å². The number of carboxylic acids is 1. The van der Waals surface area contributed by atoms with Crippen LogP contribution in [-0.2, 0) is 0 Å². The van der Waals surface area contributed by atoms with Crippen molar-refractivity contribution in [2.45, 2.75) is 6.04 Å². The first-order valence-electron chi connectivity index (χ1n) is 6.13. The van der Waals surface area contributed by atoms with Crippen LogP contribution in [0.4, 0.5) is 10.5 Å². The summed E-state index contributed by atoms with van der Waals surface area (Å²) < 4.78 is 0. The van der Waals surface area contributed by atoms with E-state index in [0.29, 0.717) is 31.9 Å². The lowest BCUT2D eigenvalue weighted by atomic mass is 10.1. The number of hydrogen-bond acceptors (Lipinski definition) is 4. The molecule has 1 aromatic rings. The quantitative estimate of drug-likeness (QED) is 0.783. The SMILES string of the molecule is O=C(O)c1cnccc1N1CCN2C(=O)NCC2C1. The number of aromatic carboxylic acids is 1. The number of anilines is 1. The number of hydrogen-bond donors (Lipinski definition) is 2. The minimum Gasteiger partial charge on any atom is -0.478 e. The Kier molecular flexibility index (Phi) is 2.73. The van der Waals surface area contributed by atoms with Gasteiger partial charge in [0, 0.05) is 38.6 Å². The van der Waals surface area contributed by atoms with Crippen LogP contribution in [0.5, 0.6) is 0 Å². The van der Waals surface area contributed by atoms with Gasteiger partial charge in [-0.3, -0.25) is 4.98 Å². The number of carbonyl (C=O) groups excluding carboxylic acids is 1. The summed E-state index contributed by atoms with van der Waals surface area (Å²) in [5, 5.41) is 12.0. The number of fused-ring (bicyclic) bond motifs is 1. The van der Waals surface area contributed by atoms with Crippen LogP contribution in [0.1, 0.15) is 10.4 Å². The smallest absolute Gasteiger partial charge is 0.339 e. The van der Waals surface area contributed by atoms with Gasteiger partial charge < -0.3 is 20.2 Å². The maximum atomic E-state index is 11.5. The normalized spacial score (nSPS) is 22.1. The van der Waals surface area contributed by atoms with Crippen LogP contribution >= 0.6 is 0 Å². The summed E-state index contributed by atoms with van der Waals surface area (Å²) in [5.74, 6) is -0.980. The Hall–Kier alpha value is -2.31. The molecule has 2 fully saturated rings. The van der Waals surface area contributed by atoms with E-state index in [1.54, 1.807) is 17.2 Å². The first kappa shape index (κ1) is 11.8. The highest BCUT2D eigenvalue weighted by Gasteiger charge is 2.36. The number of rotatable bonds is 2. The van der Waals surface area contributed by atoms with Crippen molar-refractivity contribution in [2.24, 2.45) is 0 Å². The summed E-state index contributed by atoms with van der Waals surface area (Å²) in [6.07, 6.45) is 2.95. The Labute approximate surface area is 109 Å². The number of aromatic nitrogens is 1. The molecule has 0 aliphatic carbocycles. The maximum Gasteiger partial charge on any atom is 0.339 e. The van der Waals surface area contributed by atoms with Crippen LogP contribution in [0, 0.1) is 0 Å². The molecule has 0 saturated carbocycles. The second-order valence-electron chi connectivity index (χ2n) is 4.68. The molecule has 1 atom stereocenters. The van der Waals surface area contributed by atoms with Gasteiger partial charge in [-0.1, -0.05) is 0 Å². The van der Waals surface area contributed by atoms with Gasteiger partial charge in [-0.05, 0) is 6.07 Å². The van der Waals surface area contributed by atoms with Crippen molar-refractivity contribution in [1.29, 1.82) is 0 Å². The van der Waals surface area contributed by atoms with Crippen molar-refractivity contribution < 1.29 is 14.7 Å². The van der Waals surface area contributed by atoms with Crippen LogP contribution in [0.2, 0.25) is 0 Å². The summed E-state index contributed by atoms with van der Waals surface area (Å²) >= 11 is 0. The van der Waals surface area contributed by atoms with Gasteiger partial charge in [-0.25, -0.2) is 9.59 Å². The van der Waals surface area contributed by atoms with Crippen molar-refractivity contribution >= 4 is 17.7 Å². The van der Waals surface area contributed by atoms with Crippen LogP contribution in [0.25, 0.3) is 0 Å². The number of amides is 2. The number of pyridine rings is 1. The minimum absolute atomic E-state index is 0.0298. The van der Waals surface area contributed by atoms with Crippen LogP contribution < -0.4 is 10.2 Å². The van der Waals surface area contributed by atoms with E-state index in [1.165, 1.54) is 6.20 Å². The molecule has 19 heavy (non-hydrogen) atoms. The van der Waals surface area contributed by atoms with E-state index >= 15 is 0 Å². The number of carboxylic acid groups (broad SMARTS) is 1. The van der Waals surface area contributed by atoms with E-state index in [0.717, 1.165) is 0 Å². The second-order valence-corrected chi connectivity index (χ2v) is 4.68. The Balaban J connectivity index is 1.85. The fourth-order valence-corrected chi connectivity index (χ4v) is 2.65. The number of nitrogens with one attached hydrogen (secondary N) is 1. The molecule has 100 valence electrons. The molecule has 3 rings (SSSR count). The molecule has 3 heterocycles. The molecule has 0 spiro atoms. The van der Waals surface area contributed by atoms with Crippen molar-refractivity contribution in [3.8, 4) is 0 Å². The van der Waals surface area contributed by atoms with Gasteiger partial charge in [0.05, 0.1) is 11.7 Å². The summed E-state index contributed by atoms with van der Waals surface area (Å²) in [4.78, 5) is 30.4. The Morgan fingerprint density at radius 3 is 3.11 bits per heavy atom. The predicted octanol–water partition coefficient (Wildman–Crippen LogP) is -0.00640. The van der Waals surface area contributed by atoms with E-state index in [2.05, 4.69) is 10.3 Å². The van der Waals surface area contributed by atoms with E-state index in [9.17, 15) is 14.7 Å². The first-order valence-corrected chi connectivity index (χ1v) is 6.13. The third-order valence-corrected chi connectivity index (χ3v) is 3.60. The van der Waals surface area contributed by atoms with Gasteiger partial charge in [0.1, 0.15) is 5.56 Å². The van der Waals surface area contributed by atoms with Crippen molar-refractivity contribution in [2.75, 3.05) is 31.1 Å². The molecule has 2 N–H and O–H groups in total. The minimum atomic E-state index is -0.980. The van der Waals surface area contributed by atoms with Crippen molar-refractivity contribution in [1.82, 2.24) is 15.2 Å². The van der Waals surface area contributed by atoms with Gasteiger partial charge in [-0.2, -0.15) is 0 Å². The standard InChI is InChI=1S/C12H14N4O3/c17-11(18)9-6-13-2-1-10(9)15-3-4-16-8(7-15)5-14-12(16)19/h1-2,6,8H,3-5,7H2,(H,14,19)(H,17,18). The molecule has 7 nitrogen and oxygen atoms in total. The highest BCUT2D eigenvalue weighted by molar-refractivity contribution is 5.94. The lowest BCUT2D eigenvalue weighted by Gasteiger charge is -2.38. The molecule has 7 heteroatoms. The first-order chi connectivity index (χ1) is 9.16. The monoisotopic (exact) mass is 262 g/mol. The average molecular weight is 262 g/mol. The zero-order valence-corrected chi connectivity index (χ0v) is 10.2. The van der Waals surface area contributed by atoms with Gasteiger partial charge in [0.15, 0.2) is 0 Å². The van der Waals surface area contributed by atoms with Gasteiger partial charge >= 0.3 is 12.0 Å². The Bertz CT molecular complexity index is 533. The molecule has 2 saturated heterocycles. The average Bonchev–Trinajstić information content (AvgIpc) is 2.80. The summed E-state index contributed by atoms with van der Waals surface area (Å²) in [6, 6.07) is 1.79. The largest absolute Gasteiger partial charge is 0.478 e. The van der Waals surface area contributed by atoms with Gasteiger partial charge in [0.2, 0.25) is 0 Å². The molecular formula is C12H14N4O3. The fraction of sp³-hybridized carbons (Fsp3) is 0.417. The maximum absolute atomic E-state index is 11.5. The molecule has 0 aromatic carbocycles. The zero-order valence-electron chi connectivity index (χ0n) is 10.2. The summed E-state index contributed by atoms with van der Waals surface area (Å²) in [6.45, 7) is 2.50. The zero-order chi connectivity index (χ0) is 13.4. The third-order valence-electron chi connectivity index (χ3n) is 3.60. The summed E-state index contributed by atoms with van der Waals surface area (Å²) in [5.41, 5.74) is 0.870. The molecule has 0 radical (unpaired) electrons. The van der Waals surface area contributed by atoms with E-state index in [1.807, 2.05) is 4.90 Å². The molecule has 1 unspecified atom stereocenters. The van der Waals surface area contributed by atoms with E-state index < -0.39 is 5.97 Å². The predicted molar refractivity (Wildman–Crippen MR) is 67.3 cm³/mol. The highest BCUT2D eigenvalue weighted by atomic mass is 16.4. The molecule has 1 aromatic heterocycles.